The van der Waals surface area contributed by atoms with Gasteiger partial charge in [0.2, 0.25) is 0 Å². The van der Waals surface area contributed by atoms with E-state index in [1.54, 1.807) is 18.3 Å². The zero-order valence-corrected chi connectivity index (χ0v) is 18.9. The highest BCUT2D eigenvalue weighted by Crippen LogP contribution is 2.31. The summed E-state index contributed by atoms with van der Waals surface area (Å²) in [4.78, 5) is 6.63. The number of rotatable bonds is 5. The number of nitrogens with zero attached hydrogens (tertiary/aromatic N) is 2. The Hall–Kier alpha value is -1.80. The maximum Gasteiger partial charge on any atom is 0.416 e. The molecule has 1 aliphatic heterocycles. The van der Waals surface area contributed by atoms with E-state index in [0.717, 1.165) is 54.8 Å². The Morgan fingerprint density at radius 1 is 0.968 bits per heavy atom. The molecular weight excluding hydrogens is 469 g/mol. The highest BCUT2D eigenvalue weighted by molar-refractivity contribution is 9.10. The predicted molar refractivity (Wildman–Crippen MR) is 121 cm³/mol. The van der Waals surface area contributed by atoms with Gasteiger partial charge in [-0.25, -0.2) is 4.98 Å². The van der Waals surface area contributed by atoms with Gasteiger partial charge in [0.25, 0.3) is 0 Å². The normalized spacial score (nSPS) is 24.8. The lowest BCUT2D eigenvalue weighted by Crippen LogP contribution is -2.55. The summed E-state index contributed by atoms with van der Waals surface area (Å²) in [7, 11) is 0. The maximum atomic E-state index is 12.9. The molecule has 8 heteroatoms. The van der Waals surface area contributed by atoms with Crippen molar-refractivity contribution in [2.24, 2.45) is 0 Å². The molecule has 2 heterocycles. The van der Waals surface area contributed by atoms with E-state index in [1.807, 2.05) is 12.1 Å². The first-order chi connectivity index (χ1) is 14.9. The van der Waals surface area contributed by atoms with Crippen LogP contribution >= 0.6 is 15.9 Å². The van der Waals surface area contributed by atoms with Gasteiger partial charge in [0.1, 0.15) is 5.82 Å². The summed E-state index contributed by atoms with van der Waals surface area (Å²) in [5.41, 5.74) is 0.261. The summed E-state index contributed by atoms with van der Waals surface area (Å²) in [5.74, 6) is 0.878. The van der Waals surface area contributed by atoms with Crippen LogP contribution in [0.1, 0.15) is 44.1 Å². The van der Waals surface area contributed by atoms with Crippen LogP contribution in [0, 0.1) is 0 Å². The number of anilines is 2. The zero-order chi connectivity index (χ0) is 21.8. The highest BCUT2D eigenvalue weighted by Gasteiger charge is 2.31. The molecule has 1 saturated heterocycles. The molecule has 2 aromatic rings. The molecule has 0 bridgehead atoms. The average molecular weight is 497 g/mol. The summed E-state index contributed by atoms with van der Waals surface area (Å²) >= 11 is 3.50. The fraction of sp³-hybridized carbons (Fsp3) is 0.522. The third kappa shape index (κ3) is 5.92. The first kappa shape index (κ1) is 22.4. The number of nitrogens with one attached hydrogen (secondary N) is 2. The number of halogens is 4. The van der Waals surface area contributed by atoms with Crippen molar-refractivity contribution < 1.29 is 13.2 Å². The van der Waals surface area contributed by atoms with Gasteiger partial charge in [-0.05, 0) is 62.1 Å². The van der Waals surface area contributed by atoms with Gasteiger partial charge in [0.15, 0.2) is 0 Å². The van der Waals surface area contributed by atoms with Gasteiger partial charge in [-0.15, -0.1) is 0 Å². The molecule has 1 aliphatic carbocycles. The highest BCUT2D eigenvalue weighted by atomic mass is 79.9. The van der Waals surface area contributed by atoms with E-state index in [4.69, 9.17) is 0 Å². The van der Waals surface area contributed by atoms with E-state index in [-0.39, 0.29) is 0 Å². The van der Waals surface area contributed by atoms with Gasteiger partial charge in [-0.3, -0.25) is 0 Å². The van der Waals surface area contributed by atoms with Crippen LogP contribution < -0.4 is 15.5 Å². The Morgan fingerprint density at radius 3 is 2.42 bits per heavy atom. The van der Waals surface area contributed by atoms with Gasteiger partial charge in [0.05, 0.1) is 5.56 Å². The molecular formula is C23H28BrF3N4. The molecule has 1 saturated carbocycles. The summed E-state index contributed by atoms with van der Waals surface area (Å²) in [6.45, 7) is 1.68. The number of aromatic nitrogens is 1. The summed E-state index contributed by atoms with van der Waals surface area (Å²) < 4.78 is 39.6. The quantitative estimate of drug-likeness (QED) is 0.544. The van der Waals surface area contributed by atoms with Crippen LogP contribution in [0.4, 0.5) is 24.7 Å². The molecule has 0 radical (unpaired) electrons. The fourth-order valence-electron chi connectivity index (χ4n) is 4.69. The lowest BCUT2D eigenvalue weighted by molar-refractivity contribution is -0.137. The van der Waals surface area contributed by atoms with Crippen LogP contribution in [0.25, 0.3) is 0 Å². The molecule has 2 N–H and O–H groups in total. The van der Waals surface area contributed by atoms with E-state index in [1.165, 1.54) is 25.0 Å². The lowest BCUT2D eigenvalue weighted by atomic mass is 9.89. The molecule has 4 rings (SSSR count). The number of hydrogen-bond acceptors (Lipinski definition) is 4. The van der Waals surface area contributed by atoms with E-state index in [2.05, 4.69) is 36.4 Å². The van der Waals surface area contributed by atoms with E-state index < -0.39 is 11.7 Å². The van der Waals surface area contributed by atoms with Crippen molar-refractivity contribution in [3.63, 3.8) is 0 Å². The second-order valence-corrected chi connectivity index (χ2v) is 9.41. The average Bonchev–Trinajstić information content (AvgIpc) is 2.75. The first-order valence-electron chi connectivity index (χ1n) is 10.9. The number of benzene rings is 1. The molecule has 0 spiro atoms. The third-order valence-corrected chi connectivity index (χ3v) is 6.75. The van der Waals surface area contributed by atoms with Crippen LogP contribution in [0.15, 0.2) is 47.1 Å². The first-order valence-corrected chi connectivity index (χ1v) is 11.7. The monoisotopic (exact) mass is 496 g/mol. The SMILES string of the molecule is FC(F)(F)c1ccc(N2CCC[C@H](N[C@@H]3CCCC[C@H]3Nc3cc(Br)ccn3)C2)cc1. The summed E-state index contributed by atoms with van der Waals surface area (Å²) in [5, 5.41) is 7.46. The molecule has 0 amide bonds. The minimum atomic E-state index is -4.29. The van der Waals surface area contributed by atoms with Gasteiger partial charge in [0, 0.05) is 47.6 Å². The molecule has 1 aromatic carbocycles. The van der Waals surface area contributed by atoms with Crippen molar-refractivity contribution in [3.8, 4) is 0 Å². The maximum absolute atomic E-state index is 12.9. The van der Waals surface area contributed by atoms with E-state index >= 15 is 0 Å². The Morgan fingerprint density at radius 2 is 1.71 bits per heavy atom. The molecule has 2 aliphatic rings. The largest absolute Gasteiger partial charge is 0.416 e. The lowest BCUT2D eigenvalue weighted by Gasteiger charge is -2.40. The van der Waals surface area contributed by atoms with Crippen molar-refractivity contribution >= 4 is 27.4 Å². The smallest absolute Gasteiger partial charge is 0.370 e. The summed E-state index contributed by atoms with van der Waals surface area (Å²) in [6.07, 6.45) is 4.22. The van der Waals surface area contributed by atoms with Gasteiger partial charge in [-0.1, -0.05) is 28.8 Å². The molecule has 2 fully saturated rings. The van der Waals surface area contributed by atoms with Gasteiger partial charge in [-0.2, -0.15) is 13.2 Å². The van der Waals surface area contributed by atoms with Crippen LogP contribution in [0.3, 0.4) is 0 Å². The third-order valence-electron chi connectivity index (χ3n) is 6.25. The van der Waals surface area contributed by atoms with Gasteiger partial charge >= 0.3 is 6.18 Å². The van der Waals surface area contributed by atoms with E-state index in [0.29, 0.717) is 18.1 Å². The Bertz CT molecular complexity index is 859. The Balaban J connectivity index is 1.38. The minimum absolute atomic E-state index is 0.317. The van der Waals surface area contributed by atoms with Crippen molar-refractivity contribution in [1.29, 1.82) is 0 Å². The number of piperidine rings is 1. The summed E-state index contributed by atoms with van der Waals surface area (Å²) in [6, 6.07) is 10.4. The Labute approximate surface area is 189 Å². The number of hydrogen-bond donors (Lipinski definition) is 2. The van der Waals surface area contributed by atoms with Crippen LogP contribution in [0.2, 0.25) is 0 Å². The van der Waals surface area contributed by atoms with E-state index in [9.17, 15) is 13.2 Å². The van der Waals surface area contributed by atoms with Crippen molar-refractivity contribution in [2.45, 2.75) is 62.8 Å². The molecule has 4 nitrogen and oxygen atoms in total. The molecule has 0 unspecified atom stereocenters. The van der Waals surface area contributed by atoms with Crippen LogP contribution in [0.5, 0.6) is 0 Å². The van der Waals surface area contributed by atoms with Crippen molar-refractivity contribution in [3.05, 3.63) is 52.6 Å². The molecule has 1 aromatic heterocycles. The van der Waals surface area contributed by atoms with Crippen molar-refractivity contribution in [1.82, 2.24) is 10.3 Å². The second-order valence-electron chi connectivity index (χ2n) is 8.50. The molecule has 31 heavy (non-hydrogen) atoms. The van der Waals surface area contributed by atoms with Crippen molar-refractivity contribution in [2.75, 3.05) is 23.3 Å². The van der Waals surface area contributed by atoms with Crippen LogP contribution in [-0.2, 0) is 6.18 Å². The molecule has 168 valence electrons. The second kappa shape index (κ2) is 9.77. The zero-order valence-electron chi connectivity index (χ0n) is 17.3. The topological polar surface area (TPSA) is 40.2 Å². The number of alkyl halides is 3. The Kier molecular flexibility index (Phi) is 7.06. The van der Waals surface area contributed by atoms with Gasteiger partial charge < -0.3 is 15.5 Å². The predicted octanol–water partition coefficient (Wildman–Crippen LogP) is 5.84. The fourth-order valence-corrected chi connectivity index (χ4v) is 5.02. The van der Waals surface area contributed by atoms with Crippen LogP contribution in [-0.4, -0.2) is 36.2 Å². The number of pyridine rings is 1. The standard InChI is InChI=1S/C23H28BrF3N4/c24-17-11-12-28-22(14-17)30-21-6-2-1-5-20(21)29-18-4-3-13-31(15-18)19-9-7-16(8-10-19)23(25,26)27/h7-12,14,18,20-21,29H,1-6,13,15H2,(H,28,30)/t18-,20+,21+/m0/s1. The molecule has 3 atom stereocenters. The minimum Gasteiger partial charge on any atom is -0.370 e.